The van der Waals surface area contributed by atoms with Crippen LogP contribution in [0.25, 0.3) is 0 Å². The number of hydrogen-bond acceptors (Lipinski definition) is 2. The highest BCUT2D eigenvalue weighted by molar-refractivity contribution is 9.10. The van der Waals surface area contributed by atoms with Crippen molar-refractivity contribution in [3.8, 4) is 0 Å². The highest BCUT2D eigenvalue weighted by Crippen LogP contribution is 2.25. The molecule has 3 nitrogen and oxygen atoms in total. The fraction of sp³-hybridized carbons (Fsp3) is 0.500. The third-order valence-electron chi connectivity index (χ3n) is 3.98. The Kier molecular flexibility index (Phi) is 5.35. The predicted molar refractivity (Wildman–Crippen MR) is 86.9 cm³/mol. The summed E-state index contributed by atoms with van der Waals surface area (Å²) in [5, 5.41) is 4.22. The van der Waals surface area contributed by atoms with Gasteiger partial charge in [0.05, 0.1) is 5.02 Å². The minimum Gasteiger partial charge on any atom is -0.337 e. The van der Waals surface area contributed by atoms with Crippen molar-refractivity contribution in [2.45, 2.75) is 31.3 Å². The first-order valence-corrected chi connectivity index (χ1v) is 7.81. The van der Waals surface area contributed by atoms with E-state index in [0.717, 1.165) is 24.0 Å². The molecule has 0 radical (unpaired) electrons. The molecule has 2 bridgehead atoms. The number of amides is 1. The van der Waals surface area contributed by atoms with E-state index in [2.05, 4.69) is 21.2 Å². The molecule has 1 N–H and O–H groups in total. The molecule has 1 amide bonds. The lowest BCUT2D eigenvalue weighted by Gasteiger charge is -2.24. The van der Waals surface area contributed by atoms with Gasteiger partial charge in [0.2, 0.25) is 0 Å². The maximum atomic E-state index is 12.5. The first kappa shape index (κ1) is 16.1. The van der Waals surface area contributed by atoms with Crippen LogP contribution in [0.4, 0.5) is 0 Å². The van der Waals surface area contributed by atoms with E-state index in [1.807, 2.05) is 4.90 Å². The smallest absolute Gasteiger partial charge is 0.253 e. The summed E-state index contributed by atoms with van der Waals surface area (Å²) in [5.74, 6) is 0.103. The minimum absolute atomic E-state index is 0. The average Bonchev–Trinajstić information content (AvgIpc) is 2.72. The fourth-order valence-corrected chi connectivity index (χ4v) is 3.44. The van der Waals surface area contributed by atoms with E-state index in [-0.39, 0.29) is 18.3 Å². The van der Waals surface area contributed by atoms with Crippen LogP contribution in [-0.4, -0.2) is 36.0 Å². The standard InChI is InChI=1S/C14H16BrClN2O.ClH/c15-12-7-9(1-4-13(12)16)14(19)18-6-5-10-2-3-11(8-18)17-10;/h1,4,7,10-11,17H,2-3,5-6,8H2;1H. The molecular weight excluding hydrogens is 363 g/mol. The zero-order chi connectivity index (χ0) is 13.4. The zero-order valence-electron chi connectivity index (χ0n) is 10.9. The maximum absolute atomic E-state index is 12.5. The second-order valence-corrected chi connectivity index (χ2v) is 6.57. The van der Waals surface area contributed by atoms with Gasteiger partial charge in [-0.25, -0.2) is 0 Å². The minimum atomic E-state index is 0. The van der Waals surface area contributed by atoms with Crippen LogP contribution in [-0.2, 0) is 0 Å². The fourth-order valence-electron chi connectivity index (χ4n) is 2.94. The highest BCUT2D eigenvalue weighted by atomic mass is 79.9. The van der Waals surface area contributed by atoms with Crippen molar-refractivity contribution >= 4 is 45.8 Å². The Bertz CT molecular complexity index is 512. The van der Waals surface area contributed by atoms with E-state index in [0.29, 0.717) is 22.7 Å². The third-order valence-corrected chi connectivity index (χ3v) is 5.19. The highest BCUT2D eigenvalue weighted by Gasteiger charge is 2.31. The molecule has 2 fully saturated rings. The number of fused-ring (bicyclic) bond motifs is 2. The molecule has 1 aromatic rings. The van der Waals surface area contributed by atoms with Gasteiger partial charge in [-0.05, 0) is 53.4 Å². The lowest BCUT2D eigenvalue weighted by Crippen LogP contribution is -2.39. The first-order chi connectivity index (χ1) is 9.13. The van der Waals surface area contributed by atoms with Crippen LogP contribution in [0.5, 0.6) is 0 Å². The summed E-state index contributed by atoms with van der Waals surface area (Å²) < 4.78 is 0.773. The third kappa shape index (κ3) is 3.30. The molecule has 2 saturated heterocycles. The van der Waals surface area contributed by atoms with Gasteiger partial charge in [-0.2, -0.15) is 0 Å². The number of hydrogen-bond donors (Lipinski definition) is 1. The van der Waals surface area contributed by atoms with Crippen molar-refractivity contribution in [3.05, 3.63) is 33.3 Å². The molecule has 0 saturated carbocycles. The van der Waals surface area contributed by atoms with E-state index in [9.17, 15) is 4.79 Å². The Morgan fingerprint density at radius 2 is 2.05 bits per heavy atom. The van der Waals surface area contributed by atoms with Gasteiger partial charge >= 0.3 is 0 Å². The molecular formula is C14H17BrCl2N2O. The van der Waals surface area contributed by atoms with Crippen molar-refractivity contribution in [3.63, 3.8) is 0 Å². The summed E-state index contributed by atoms with van der Waals surface area (Å²) in [4.78, 5) is 14.5. The number of benzene rings is 1. The van der Waals surface area contributed by atoms with Crippen LogP contribution in [0.2, 0.25) is 5.02 Å². The average molecular weight is 380 g/mol. The predicted octanol–water partition coefficient (Wildman–Crippen LogP) is 3.49. The molecule has 2 aliphatic rings. The van der Waals surface area contributed by atoms with Crippen LogP contribution in [0.15, 0.2) is 22.7 Å². The van der Waals surface area contributed by atoms with Crippen molar-refractivity contribution in [1.82, 2.24) is 10.2 Å². The lowest BCUT2D eigenvalue weighted by atomic mass is 10.1. The van der Waals surface area contributed by atoms with E-state index in [1.54, 1.807) is 18.2 Å². The summed E-state index contributed by atoms with van der Waals surface area (Å²) in [6, 6.07) is 6.43. The summed E-state index contributed by atoms with van der Waals surface area (Å²) >= 11 is 9.34. The van der Waals surface area contributed by atoms with Gasteiger partial charge in [0.25, 0.3) is 5.91 Å². The van der Waals surface area contributed by atoms with Crippen molar-refractivity contribution in [2.24, 2.45) is 0 Å². The van der Waals surface area contributed by atoms with E-state index in [4.69, 9.17) is 11.6 Å². The van der Waals surface area contributed by atoms with E-state index >= 15 is 0 Å². The molecule has 20 heavy (non-hydrogen) atoms. The molecule has 2 atom stereocenters. The number of likely N-dealkylation sites (tertiary alicyclic amines) is 1. The van der Waals surface area contributed by atoms with Gasteiger partial charge in [-0.15, -0.1) is 12.4 Å². The van der Waals surface area contributed by atoms with Crippen molar-refractivity contribution in [1.29, 1.82) is 0 Å². The Hall–Kier alpha value is -0.290. The van der Waals surface area contributed by atoms with Gasteiger partial charge in [-0.3, -0.25) is 4.79 Å². The Balaban J connectivity index is 0.00000147. The van der Waals surface area contributed by atoms with Crippen LogP contribution < -0.4 is 5.32 Å². The molecule has 2 unspecified atom stereocenters. The molecule has 6 heteroatoms. The van der Waals surface area contributed by atoms with Crippen LogP contribution in [0.3, 0.4) is 0 Å². The van der Waals surface area contributed by atoms with Crippen molar-refractivity contribution < 1.29 is 4.79 Å². The quantitative estimate of drug-likeness (QED) is 0.809. The Morgan fingerprint density at radius 1 is 1.30 bits per heavy atom. The summed E-state index contributed by atoms with van der Waals surface area (Å²) in [6.45, 7) is 1.66. The number of halogens is 3. The van der Waals surface area contributed by atoms with Gasteiger partial charge < -0.3 is 10.2 Å². The van der Waals surface area contributed by atoms with Crippen LogP contribution >= 0.6 is 39.9 Å². The topological polar surface area (TPSA) is 32.3 Å². The maximum Gasteiger partial charge on any atom is 0.253 e. The molecule has 110 valence electrons. The van der Waals surface area contributed by atoms with Crippen molar-refractivity contribution in [2.75, 3.05) is 13.1 Å². The molecule has 2 heterocycles. The number of nitrogens with one attached hydrogen (secondary N) is 1. The Morgan fingerprint density at radius 3 is 2.80 bits per heavy atom. The molecule has 0 aliphatic carbocycles. The summed E-state index contributed by atoms with van der Waals surface area (Å²) in [6.07, 6.45) is 3.48. The Labute approximate surface area is 138 Å². The van der Waals surface area contributed by atoms with Gasteiger partial charge in [0.1, 0.15) is 0 Å². The van der Waals surface area contributed by atoms with Gasteiger partial charge in [-0.1, -0.05) is 11.6 Å². The number of carbonyl (C=O) groups is 1. The molecule has 1 aromatic carbocycles. The van der Waals surface area contributed by atoms with Gasteiger partial charge in [0, 0.05) is 35.2 Å². The molecule has 0 aromatic heterocycles. The summed E-state index contributed by atoms with van der Waals surface area (Å²) in [7, 11) is 0. The largest absolute Gasteiger partial charge is 0.337 e. The molecule has 2 aliphatic heterocycles. The number of carbonyl (C=O) groups excluding carboxylic acids is 1. The molecule has 3 rings (SSSR count). The van der Waals surface area contributed by atoms with E-state index < -0.39 is 0 Å². The van der Waals surface area contributed by atoms with E-state index in [1.165, 1.54) is 12.8 Å². The monoisotopic (exact) mass is 378 g/mol. The molecule has 0 spiro atoms. The normalized spacial score (nSPS) is 25.0. The summed E-state index contributed by atoms with van der Waals surface area (Å²) in [5.41, 5.74) is 0.703. The first-order valence-electron chi connectivity index (χ1n) is 6.64. The zero-order valence-corrected chi connectivity index (χ0v) is 14.1. The van der Waals surface area contributed by atoms with Crippen LogP contribution in [0.1, 0.15) is 29.6 Å². The number of rotatable bonds is 1. The van der Waals surface area contributed by atoms with Crippen LogP contribution in [0, 0.1) is 0 Å². The number of nitrogens with zero attached hydrogens (tertiary/aromatic N) is 1. The van der Waals surface area contributed by atoms with Gasteiger partial charge in [0.15, 0.2) is 0 Å². The second-order valence-electron chi connectivity index (χ2n) is 5.31. The SMILES string of the molecule is Cl.O=C(c1ccc(Cl)c(Br)c1)N1CCC2CCC(C1)N2. The lowest BCUT2D eigenvalue weighted by molar-refractivity contribution is 0.0748. The second kappa shape index (κ2) is 6.65.